The molecular formula is C12H16N4O2. The molecular weight excluding hydrogens is 232 g/mol. The molecule has 0 aromatic carbocycles. The second-order valence-corrected chi connectivity index (χ2v) is 3.77. The van der Waals surface area contributed by atoms with Gasteiger partial charge < -0.3 is 19.8 Å². The fourth-order valence-corrected chi connectivity index (χ4v) is 1.62. The van der Waals surface area contributed by atoms with Crippen molar-refractivity contribution in [3.8, 4) is 0 Å². The van der Waals surface area contributed by atoms with Crippen LogP contribution in [0.4, 0.5) is 4.79 Å². The summed E-state index contributed by atoms with van der Waals surface area (Å²) in [5.41, 5.74) is 1.01. The quantitative estimate of drug-likeness (QED) is 0.768. The van der Waals surface area contributed by atoms with Crippen LogP contribution in [0.25, 0.3) is 5.52 Å². The summed E-state index contributed by atoms with van der Waals surface area (Å²) in [7, 11) is 1.59. The Morgan fingerprint density at radius 3 is 3.17 bits per heavy atom. The Bertz CT molecular complexity index is 524. The number of ether oxygens (including phenoxy) is 1. The first-order chi connectivity index (χ1) is 8.81. The average molecular weight is 248 g/mol. The molecule has 96 valence electrons. The maximum atomic E-state index is 11.4. The predicted octanol–water partition coefficient (Wildman–Crippen LogP) is 0.780. The SMILES string of the molecule is COCCNC(=O)NCc1ncc2ccccn12. The largest absolute Gasteiger partial charge is 0.383 e. The molecule has 0 aliphatic rings. The molecule has 0 fully saturated rings. The average Bonchev–Trinajstić information content (AvgIpc) is 2.80. The first kappa shape index (κ1) is 12.4. The number of hydrogen-bond acceptors (Lipinski definition) is 3. The molecule has 2 N–H and O–H groups in total. The van der Waals surface area contributed by atoms with E-state index in [9.17, 15) is 4.79 Å². The van der Waals surface area contributed by atoms with Crippen LogP contribution in [0, 0.1) is 0 Å². The van der Waals surface area contributed by atoms with Crippen LogP contribution in [0.1, 0.15) is 5.82 Å². The maximum absolute atomic E-state index is 11.4. The summed E-state index contributed by atoms with van der Waals surface area (Å²) >= 11 is 0. The Kier molecular flexibility index (Phi) is 4.14. The highest BCUT2D eigenvalue weighted by atomic mass is 16.5. The van der Waals surface area contributed by atoms with E-state index in [1.807, 2.05) is 28.8 Å². The Hall–Kier alpha value is -2.08. The second-order valence-electron chi connectivity index (χ2n) is 3.77. The van der Waals surface area contributed by atoms with E-state index in [1.54, 1.807) is 13.3 Å². The third-order valence-corrected chi connectivity index (χ3v) is 2.51. The summed E-state index contributed by atoms with van der Waals surface area (Å²) in [6.45, 7) is 1.38. The fourth-order valence-electron chi connectivity index (χ4n) is 1.62. The number of carbonyl (C=O) groups is 1. The molecule has 2 amide bonds. The topological polar surface area (TPSA) is 67.7 Å². The van der Waals surface area contributed by atoms with Crippen molar-refractivity contribution in [1.82, 2.24) is 20.0 Å². The zero-order valence-electron chi connectivity index (χ0n) is 10.2. The number of pyridine rings is 1. The van der Waals surface area contributed by atoms with Gasteiger partial charge in [0.1, 0.15) is 5.82 Å². The van der Waals surface area contributed by atoms with Crippen LogP contribution in [0.3, 0.4) is 0 Å². The molecule has 0 saturated heterocycles. The third kappa shape index (κ3) is 2.98. The Morgan fingerprint density at radius 1 is 1.44 bits per heavy atom. The molecule has 18 heavy (non-hydrogen) atoms. The van der Waals surface area contributed by atoms with Crippen LogP contribution < -0.4 is 10.6 Å². The van der Waals surface area contributed by atoms with Gasteiger partial charge in [0.05, 0.1) is 24.9 Å². The highest BCUT2D eigenvalue weighted by Gasteiger charge is 2.04. The van der Waals surface area contributed by atoms with Crippen LogP contribution in [-0.4, -0.2) is 35.7 Å². The minimum atomic E-state index is -0.222. The van der Waals surface area contributed by atoms with Crippen LogP contribution in [0.15, 0.2) is 30.6 Å². The molecule has 2 heterocycles. The van der Waals surface area contributed by atoms with E-state index < -0.39 is 0 Å². The minimum absolute atomic E-state index is 0.222. The number of urea groups is 1. The van der Waals surface area contributed by atoms with Gasteiger partial charge in [-0.15, -0.1) is 0 Å². The lowest BCUT2D eigenvalue weighted by Crippen LogP contribution is -2.37. The molecule has 2 rings (SSSR count). The number of nitrogens with zero attached hydrogens (tertiary/aromatic N) is 2. The van der Waals surface area contributed by atoms with Crippen molar-refractivity contribution in [2.45, 2.75) is 6.54 Å². The van der Waals surface area contributed by atoms with Crippen molar-refractivity contribution in [3.63, 3.8) is 0 Å². The fraction of sp³-hybridized carbons (Fsp3) is 0.333. The van der Waals surface area contributed by atoms with Gasteiger partial charge in [-0.05, 0) is 12.1 Å². The highest BCUT2D eigenvalue weighted by molar-refractivity contribution is 5.73. The minimum Gasteiger partial charge on any atom is -0.383 e. The monoisotopic (exact) mass is 248 g/mol. The molecule has 6 heteroatoms. The summed E-state index contributed by atoms with van der Waals surface area (Å²) in [5, 5.41) is 5.43. The van der Waals surface area contributed by atoms with Gasteiger partial charge in [0, 0.05) is 19.9 Å². The van der Waals surface area contributed by atoms with Gasteiger partial charge in [0.25, 0.3) is 0 Å². The molecule has 2 aromatic heterocycles. The van der Waals surface area contributed by atoms with Gasteiger partial charge in [-0.25, -0.2) is 9.78 Å². The molecule has 0 aliphatic carbocycles. The van der Waals surface area contributed by atoms with Gasteiger partial charge in [-0.3, -0.25) is 0 Å². The van der Waals surface area contributed by atoms with E-state index in [-0.39, 0.29) is 6.03 Å². The first-order valence-corrected chi connectivity index (χ1v) is 5.73. The van der Waals surface area contributed by atoms with E-state index in [2.05, 4.69) is 15.6 Å². The second kappa shape index (κ2) is 6.02. The molecule has 2 aromatic rings. The van der Waals surface area contributed by atoms with Crippen molar-refractivity contribution in [1.29, 1.82) is 0 Å². The number of fused-ring (bicyclic) bond motifs is 1. The predicted molar refractivity (Wildman–Crippen MR) is 67.3 cm³/mol. The Morgan fingerprint density at radius 2 is 2.33 bits per heavy atom. The summed E-state index contributed by atoms with van der Waals surface area (Å²) < 4.78 is 6.78. The van der Waals surface area contributed by atoms with E-state index in [4.69, 9.17) is 4.74 Å². The number of carbonyl (C=O) groups excluding carboxylic acids is 1. The molecule has 0 aliphatic heterocycles. The van der Waals surface area contributed by atoms with E-state index in [1.165, 1.54) is 0 Å². The molecule has 0 atom stereocenters. The van der Waals surface area contributed by atoms with Crippen molar-refractivity contribution in [3.05, 3.63) is 36.4 Å². The van der Waals surface area contributed by atoms with Gasteiger partial charge in [-0.1, -0.05) is 6.07 Å². The summed E-state index contributed by atoms with van der Waals surface area (Å²) in [5.74, 6) is 0.799. The van der Waals surface area contributed by atoms with Crippen molar-refractivity contribution in [2.24, 2.45) is 0 Å². The Labute approximate surface area is 105 Å². The van der Waals surface area contributed by atoms with Crippen LogP contribution in [-0.2, 0) is 11.3 Å². The molecule has 0 radical (unpaired) electrons. The molecule has 0 saturated carbocycles. The van der Waals surface area contributed by atoms with Crippen molar-refractivity contribution < 1.29 is 9.53 Å². The lowest BCUT2D eigenvalue weighted by atomic mass is 10.4. The van der Waals surface area contributed by atoms with Gasteiger partial charge in [-0.2, -0.15) is 0 Å². The summed E-state index contributed by atoms with van der Waals surface area (Å²) in [6, 6.07) is 5.62. The molecule has 0 spiro atoms. The summed E-state index contributed by atoms with van der Waals surface area (Å²) in [4.78, 5) is 15.7. The van der Waals surface area contributed by atoms with Crippen LogP contribution in [0.2, 0.25) is 0 Å². The smallest absolute Gasteiger partial charge is 0.315 e. The van der Waals surface area contributed by atoms with Crippen LogP contribution >= 0.6 is 0 Å². The zero-order valence-corrected chi connectivity index (χ0v) is 10.2. The van der Waals surface area contributed by atoms with E-state index in [0.717, 1.165) is 11.3 Å². The Balaban J connectivity index is 1.88. The number of nitrogens with one attached hydrogen (secondary N) is 2. The van der Waals surface area contributed by atoms with E-state index >= 15 is 0 Å². The number of aromatic nitrogens is 2. The number of hydrogen-bond donors (Lipinski definition) is 2. The number of imidazole rings is 1. The van der Waals surface area contributed by atoms with Gasteiger partial charge in [0.2, 0.25) is 0 Å². The lowest BCUT2D eigenvalue weighted by molar-refractivity contribution is 0.195. The number of rotatable bonds is 5. The first-order valence-electron chi connectivity index (χ1n) is 5.73. The standard InChI is InChI=1S/C12H16N4O2/c1-18-7-5-13-12(17)15-9-11-14-8-10-4-2-3-6-16(10)11/h2-4,6,8H,5,7,9H2,1H3,(H2,13,15,17). The van der Waals surface area contributed by atoms with E-state index in [0.29, 0.717) is 19.7 Å². The van der Waals surface area contributed by atoms with Gasteiger partial charge in [0.15, 0.2) is 0 Å². The zero-order chi connectivity index (χ0) is 12.8. The molecule has 0 bridgehead atoms. The van der Waals surface area contributed by atoms with Crippen molar-refractivity contribution in [2.75, 3.05) is 20.3 Å². The third-order valence-electron chi connectivity index (χ3n) is 2.51. The summed E-state index contributed by atoms with van der Waals surface area (Å²) in [6.07, 6.45) is 3.70. The number of amides is 2. The lowest BCUT2D eigenvalue weighted by Gasteiger charge is -2.06. The number of methoxy groups -OCH3 is 1. The normalized spacial score (nSPS) is 10.5. The van der Waals surface area contributed by atoms with Crippen molar-refractivity contribution >= 4 is 11.5 Å². The highest BCUT2D eigenvalue weighted by Crippen LogP contribution is 2.05. The molecule has 0 unspecified atom stereocenters. The van der Waals surface area contributed by atoms with Gasteiger partial charge >= 0.3 is 6.03 Å². The maximum Gasteiger partial charge on any atom is 0.315 e. The van der Waals surface area contributed by atoms with Crippen LogP contribution in [0.5, 0.6) is 0 Å². The molecule has 6 nitrogen and oxygen atoms in total.